The molecule has 0 unspecified atom stereocenters. The number of hydrogen-bond donors (Lipinski definition) is 2. The lowest BCUT2D eigenvalue weighted by molar-refractivity contribution is -0.0497. The number of ether oxygens (including phenoxy) is 1. The van der Waals surface area contributed by atoms with Crippen LogP contribution in [-0.4, -0.2) is 17.6 Å². The van der Waals surface area contributed by atoms with Crippen molar-refractivity contribution in [3.63, 3.8) is 0 Å². The predicted octanol–water partition coefficient (Wildman–Crippen LogP) is 3.66. The summed E-state index contributed by atoms with van der Waals surface area (Å²) in [7, 11) is 0. The highest BCUT2D eigenvalue weighted by Crippen LogP contribution is 2.28. The smallest absolute Gasteiger partial charge is 0.387 e. The number of halogens is 3. The number of nitrogens with one attached hydrogen (secondary N) is 2. The molecule has 0 bridgehead atoms. The molecule has 0 radical (unpaired) electrons. The molecule has 0 aliphatic heterocycles. The zero-order valence-corrected chi connectivity index (χ0v) is 12.0. The molecule has 2 N–H and O–H groups in total. The first-order chi connectivity index (χ1) is 10.5. The van der Waals surface area contributed by atoms with Crippen LogP contribution in [0.3, 0.4) is 0 Å². The van der Waals surface area contributed by atoms with Crippen molar-refractivity contribution in [3.8, 4) is 5.75 Å². The summed E-state index contributed by atoms with van der Waals surface area (Å²) in [5, 5.41) is 5.14. The number of aromatic nitrogens is 1. The molecule has 1 heterocycles. The molecule has 8 heteroatoms. The van der Waals surface area contributed by atoms with Gasteiger partial charge >= 0.3 is 12.6 Å². The fourth-order valence-electron chi connectivity index (χ4n) is 1.63. The summed E-state index contributed by atoms with van der Waals surface area (Å²) >= 11 is 5.79. The number of alkyl halides is 2. The zero-order valence-electron chi connectivity index (χ0n) is 11.2. The minimum Gasteiger partial charge on any atom is -0.433 e. The molecule has 0 spiro atoms. The van der Waals surface area contributed by atoms with E-state index >= 15 is 0 Å². The molecule has 2 amide bonds. The highest BCUT2D eigenvalue weighted by atomic mass is 35.5. The predicted molar refractivity (Wildman–Crippen MR) is 78.2 cm³/mol. The van der Waals surface area contributed by atoms with Crippen LogP contribution in [0.25, 0.3) is 0 Å². The van der Waals surface area contributed by atoms with Crippen molar-refractivity contribution >= 4 is 23.3 Å². The van der Waals surface area contributed by atoms with E-state index in [1.165, 1.54) is 18.2 Å². The van der Waals surface area contributed by atoms with Crippen molar-refractivity contribution in [2.24, 2.45) is 0 Å². The minimum atomic E-state index is -2.96. The lowest BCUT2D eigenvalue weighted by atomic mass is 10.3. The maximum atomic E-state index is 12.1. The molecule has 2 aromatic rings. The quantitative estimate of drug-likeness (QED) is 0.881. The lowest BCUT2D eigenvalue weighted by Crippen LogP contribution is -2.28. The fraction of sp³-hybridized carbons (Fsp3) is 0.143. The monoisotopic (exact) mass is 327 g/mol. The van der Waals surface area contributed by atoms with Crippen LogP contribution >= 0.6 is 11.6 Å². The second-order valence-electron chi connectivity index (χ2n) is 4.19. The Morgan fingerprint density at radius 3 is 2.82 bits per heavy atom. The van der Waals surface area contributed by atoms with Crippen LogP contribution in [0.1, 0.15) is 5.56 Å². The minimum absolute atomic E-state index is 0.0228. The van der Waals surface area contributed by atoms with Gasteiger partial charge in [-0.05, 0) is 29.8 Å². The molecular weight excluding hydrogens is 316 g/mol. The number of nitrogens with zero attached hydrogens (tertiary/aromatic N) is 1. The largest absolute Gasteiger partial charge is 0.433 e. The summed E-state index contributed by atoms with van der Waals surface area (Å²) in [5.41, 5.74) is 1.20. The molecule has 0 aliphatic rings. The molecule has 1 aromatic carbocycles. The van der Waals surface area contributed by atoms with Crippen molar-refractivity contribution < 1.29 is 18.3 Å². The van der Waals surface area contributed by atoms with Crippen LogP contribution in [0.15, 0.2) is 42.7 Å². The average Bonchev–Trinajstić information content (AvgIpc) is 2.49. The number of hydrogen-bond acceptors (Lipinski definition) is 3. The van der Waals surface area contributed by atoms with E-state index in [0.29, 0.717) is 12.2 Å². The number of carbonyl (C=O) groups excluding carboxylic acids is 1. The maximum Gasteiger partial charge on any atom is 0.387 e. The van der Waals surface area contributed by atoms with Gasteiger partial charge in [-0.15, -0.1) is 0 Å². The number of benzene rings is 1. The van der Waals surface area contributed by atoms with E-state index in [1.54, 1.807) is 18.5 Å². The highest BCUT2D eigenvalue weighted by Gasteiger charge is 2.10. The second kappa shape index (κ2) is 7.56. The van der Waals surface area contributed by atoms with Crippen LogP contribution in [0.4, 0.5) is 19.3 Å². The van der Waals surface area contributed by atoms with Gasteiger partial charge in [-0.2, -0.15) is 8.78 Å². The molecule has 0 aliphatic carbocycles. The van der Waals surface area contributed by atoms with Gasteiger partial charge < -0.3 is 15.4 Å². The zero-order chi connectivity index (χ0) is 15.9. The summed E-state index contributed by atoms with van der Waals surface area (Å²) in [6.07, 6.45) is 3.27. The number of rotatable bonds is 5. The van der Waals surface area contributed by atoms with Gasteiger partial charge in [-0.1, -0.05) is 17.7 Å². The van der Waals surface area contributed by atoms with Crippen molar-refractivity contribution in [1.29, 1.82) is 0 Å². The van der Waals surface area contributed by atoms with Gasteiger partial charge in [0.2, 0.25) is 0 Å². The van der Waals surface area contributed by atoms with E-state index in [9.17, 15) is 13.6 Å². The standard InChI is InChI=1S/C14H12ClF2N3O2/c15-11-6-10(3-4-12(11)22-13(16)17)20-14(21)19-8-9-2-1-5-18-7-9/h1-7,13H,8H2,(H2,19,20,21). The lowest BCUT2D eigenvalue weighted by Gasteiger charge is -2.10. The summed E-state index contributed by atoms with van der Waals surface area (Å²) in [4.78, 5) is 15.6. The first-order valence-corrected chi connectivity index (χ1v) is 6.60. The van der Waals surface area contributed by atoms with E-state index in [4.69, 9.17) is 11.6 Å². The number of urea groups is 1. The molecule has 0 saturated carbocycles. The van der Waals surface area contributed by atoms with Crippen LogP contribution in [-0.2, 0) is 6.54 Å². The molecule has 0 fully saturated rings. The Morgan fingerprint density at radius 2 is 2.18 bits per heavy atom. The molecular formula is C14H12ClF2N3O2. The van der Waals surface area contributed by atoms with E-state index < -0.39 is 12.6 Å². The van der Waals surface area contributed by atoms with Crippen LogP contribution in [0.2, 0.25) is 5.02 Å². The van der Waals surface area contributed by atoms with Crippen LogP contribution < -0.4 is 15.4 Å². The third-order valence-electron chi connectivity index (χ3n) is 2.58. The van der Waals surface area contributed by atoms with Gasteiger partial charge in [0.05, 0.1) is 5.02 Å². The van der Waals surface area contributed by atoms with E-state index in [-0.39, 0.29) is 10.8 Å². The Bertz CT molecular complexity index is 641. The summed E-state index contributed by atoms with van der Waals surface area (Å²) < 4.78 is 28.4. The second-order valence-corrected chi connectivity index (χ2v) is 4.60. The highest BCUT2D eigenvalue weighted by molar-refractivity contribution is 6.32. The number of amides is 2. The Labute approximate surface area is 130 Å². The maximum absolute atomic E-state index is 12.1. The molecule has 2 rings (SSSR count). The van der Waals surface area contributed by atoms with E-state index in [1.807, 2.05) is 6.07 Å². The summed E-state index contributed by atoms with van der Waals surface area (Å²) in [5.74, 6) is -0.155. The summed E-state index contributed by atoms with van der Waals surface area (Å²) in [6.45, 7) is -2.65. The Balaban J connectivity index is 1.90. The molecule has 5 nitrogen and oxygen atoms in total. The van der Waals surface area contributed by atoms with Crippen LogP contribution in [0, 0.1) is 0 Å². The fourth-order valence-corrected chi connectivity index (χ4v) is 1.86. The molecule has 22 heavy (non-hydrogen) atoms. The SMILES string of the molecule is O=C(NCc1cccnc1)Nc1ccc(OC(F)F)c(Cl)c1. The van der Waals surface area contributed by atoms with Gasteiger partial charge in [0.1, 0.15) is 5.75 Å². The molecule has 1 aromatic heterocycles. The first-order valence-electron chi connectivity index (χ1n) is 6.22. The van der Waals surface area contributed by atoms with Gasteiger partial charge in [-0.3, -0.25) is 4.98 Å². The summed E-state index contributed by atoms with van der Waals surface area (Å²) in [6, 6.07) is 7.11. The van der Waals surface area contributed by atoms with Crippen LogP contribution in [0.5, 0.6) is 5.75 Å². The Morgan fingerprint density at radius 1 is 1.36 bits per heavy atom. The topological polar surface area (TPSA) is 63.2 Å². The third-order valence-corrected chi connectivity index (χ3v) is 2.88. The molecule has 116 valence electrons. The van der Waals surface area contributed by atoms with Crippen molar-refractivity contribution in [2.45, 2.75) is 13.2 Å². The number of carbonyl (C=O) groups is 1. The number of anilines is 1. The average molecular weight is 328 g/mol. The molecule has 0 saturated heterocycles. The number of pyridine rings is 1. The van der Waals surface area contributed by atoms with E-state index in [2.05, 4.69) is 20.4 Å². The van der Waals surface area contributed by atoms with Crippen molar-refractivity contribution in [1.82, 2.24) is 10.3 Å². The van der Waals surface area contributed by atoms with Gasteiger partial charge in [0.15, 0.2) is 0 Å². The Hall–Kier alpha value is -2.41. The Kier molecular flexibility index (Phi) is 5.48. The van der Waals surface area contributed by atoms with Crippen molar-refractivity contribution in [2.75, 3.05) is 5.32 Å². The third kappa shape index (κ3) is 4.85. The van der Waals surface area contributed by atoms with Gasteiger partial charge in [0.25, 0.3) is 0 Å². The molecule has 0 atom stereocenters. The van der Waals surface area contributed by atoms with Crippen molar-refractivity contribution in [3.05, 3.63) is 53.3 Å². The van der Waals surface area contributed by atoms with E-state index in [0.717, 1.165) is 5.56 Å². The van der Waals surface area contributed by atoms with Gasteiger partial charge in [-0.25, -0.2) is 4.79 Å². The van der Waals surface area contributed by atoms with Gasteiger partial charge in [0, 0.05) is 24.6 Å². The normalized spacial score (nSPS) is 10.4. The first kappa shape index (κ1) is 16.0.